The number of aryl methyl sites for hydroxylation is 1. The molecule has 6 nitrogen and oxygen atoms in total. The molecule has 4 heterocycles. The van der Waals surface area contributed by atoms with Crippen molar-refractivity contribution in [2.45, 2.75) is 44.7 Å². The lowest BCUT2D eigenvalue weighted by Crippen LogP contribution is -2.26. The Hall–Kier alpha value is -1.95. The second-order valence-corrected chi connectivity index (χ2v) is 6.53. The summed E-state index contributed by atoms with van der Waals surface area (Å²) in [5.41, 5.74) is 1.15. The van der Waals surface area contributed by atoms with E-state index >= 15 is 0 Å². The van der Waals surface area contributed by atoms with Gasteiger partial charge < -0.3 is 14.8 Å². The molecule has 0 saturated carbocycles. The van der Waals surface area contributed by atoms with Gasteiger partial charge in [-0.1, -0.05) is 0 Å². The Kier molecular flexibility index (Phi) is 4.24. The summed E-state index contributed by atoms with van der Waals surface area (Å²) in [6.45, 7) is 5.07. The normalized spacial score (nSPS) is 20.7. The number of nitrogens with zero attached hydrogens (tertiary/aromatic N) is 5. The first-order chi connectivity index (χ1) is 11.4. The van der Waals surface area contributed by atoms with Gasteiger partial charge in [0.1, 0.15) is 5.82 Å². The predicted molar refractivity (Wildman–Crippen MR) is 89.4 cm³/mol. The van der Waals surface area contributed by atoms with Gasteiger partial charge in [-0.15, -0.1) is 0 Å². The zero-order valence-corrected chi connectivity index (χ0v) is 13.5. The molecule has 0 aromatic carbocycles. The van der Waals surface area contributed by atoms with Crippen molar-refractivity contribution in [1.82, 2.24) is 24.8 Å². The zero-order chi connectivity index (χ0) is 15.5. The topological polar surface area (TPSA) is 58.9 Å². The summed E-state index contributed by atoms with van der Waals surface area (Å²) in [6.07, 6.45) is 12.9. The lowest BCUT2D eigenvalue weighted by Gasteiger charge is -2.23. The van der Waals surface area contributed by atoms with Gasteiger partial charge in [-0.25, -0.2) is 15.0 Å². The average molecular weight is 312 g/mol. The standard InChI is InChI=1S/C17H24N6/c1-2-7-23(6-1)17-20-11-14(12-21-17)10-18-13-15-4-3-8-22-9-5-19-16(15)22/h5,9,11-12,15,18H,1-4,6-8,10,13H2/t15-/m0/s1. The van der Waals surface area contributed by atoms with Gasteiger partial charge in [0.15, 0.2) is 0 Å². The van der Waals surface area contributed by atoms with Crippen molar-refractivity contribution >= 4 is 5.95 Å². The summed E-state index contributed by atoms with van der Waals surface area (Å²) >= 11 is 0. The van der Waals surface area contributed by atoms with Gasteiger partial charge >= 0.3 is 0 Å². The molecule has 2 aliphatic heterocycles. The van der Waals surface area contributed by atoms with E-state index in [1.54, 1.807) is 0 Å². The number of anilines is 1. The van der Waals surface area contributed by atoms with Crippen LogP contribution in [0.15, 0.2) is 24.8 Å². The highest BCUT2D eigenvalue weighted by Gasteiger charge is 2.20. The van der Waals surface area contributed by atoms with Crippen molar-refractivity contribution in [1.29, 1.82) is 0 Å². The van der Waals surface area contributed by atoms with Crippen LogP contribution in [-0.2, 0) is 13.1 Å². The Labute approximate surface area is 137 Å². The molecule has 1 fully saturated rings. The maximum absolute atomic E-state index is 4.51. The van der Waals surface area contributed by atoms with Crippen LogP contribution in [0.2, 0.25) is 0 Å². The number of fused-ring (bicyclic) bond motifs is 1. The van der Waals surface area contributed by atoms with E-state index in [0.717, 1.165) is 44.2 Å². The van der Waals surface area contributed by atoms with Crippen LogP contribution in [0.5, 0.6) is 0 Å². The highest BCUT2D eigenvalue weighted by atomic mass is 15.3. The van der Waals surface area contributed by atoms with Gasteiger partial charge in [-0.3, -0.25) is 0 Å². The van der Waals surface area contributed by atoms with Crippen LogP contribution in [0.4, 0.5) is 5.95 Å². The molecule has 0 bridgehead atoms. The Morgan fingerprint density at radius 1 is 1.04 bits per heavy atom. The van der Waals surface area contributed by atoms with E-state index in [1.165, 1.54) is 31.5 Å². The molecule has 1 atom stereocenters. The van der Waals surface area contributed by atoms with E-state index in [-0.39, 0.29) is 0 Å². The molecule has 0 amide bonds. The molecule has 2 aromatic heterocycles. The van der Waals surface area contributed by atoms with Gasteiger partial charge in [0.2, 0.25) is 5.95 Å². The second kappa shape index (κ2) is 6.66. The first-order valence-electron chi connectivity index (χ1n) is 8.68. The van der Waals surface area contributed by atoms with Crippen molar-refractivity contribution in [3.63, 3.8) is 0 Å². The first-order valence-corrected chi connectivity index (χ1v) is 8.68. The third-order valence-corrected chi connectivity index (χ3v) is 4.86. The summed E-state index contributed by atoms with van der Waals surface area (Å²) in [5.74, 6) is 2.62. The fourth-order valence-electron chi connectivity index (χ4n) is 3.61. The SMILES string of the molecule is c1cn2c(n1)[C@H](CNCc1cnc(N3CCCC3)nc1)CCC2. The maximum Gasteiger partial charge on any atom is 0.225 e. The average Bonchev–Trinajstić information content (AvgIpc) is 3.27. The monoisotopic (exact) mass is 312 g/mol. The lowest BCUT2D eigenvalue weighted by molar-refractivity contribution is 0.423. The van der Waals surface area contributed by atoms with Gasteiger partial charge in [0.05, 0.1) is 0 Å². The van der Waals surface area contributed by atoms with Crippen LogP contribution < -0.4 is 10.2 Å². The number of rotatable bonds is 5. The quantitative estimate of drug-likeness (QED) is 0.914. The van der Waals surface area contributed by atoms with Gasteiger partial charge in [0, 0.05) is 69.0 Å². The fraction of sp³-hybridized carbons (Fsp3) is 0.588. The summed E-state index contributed by atoms with van der Waals surface area (Å²) in [5, 5.41) is 3.54. The van der Waals surface area contributed by atoms with Gasteiger partial charge in [-0.05, 0) is 25.7 Å². The number of imidazole rings is 1. The molecule has 122 valence electrons. The lowest BCUT2D eigenvalue weighted by atomic mass is 9.99. The van der Waals surface area contributed by atoms with E-state index in [0.29, 0.717) is 5.92 Å². The maximum atomic E-state index is 4.51. The molecule has 0 unspecified atom stereocenters. The molecule has 23 heavy (non-hydrogen) atoms. The molecule has 2 aromatic rings. The van der Waals surface area contributed by atoms with Crippen LogP contribution in [0, 0.1) is 0 Å². The summed E-state index contributed by atoms with van der Waals surface area (Å²) < 4.78 is 2.28. The molecular weight excluding hydrogens is 288 g/mol. The molecule has 0 spiro atoms. The molecule has 4 rings (SSSR count). The highest BCUT2D eigenvalue weighted by Crippen LogP contribution is 2.24. The Bertz CT molecular complexity index is 629. The van der Waals surface area contributed by atoms with E-state index in [2.05, 4.69) is 35.9 Å². The number of nitrogens with one attached hydrogen (secondary N) is 1. The van der Waals surface area contributed by atoms with Crippen molar-refractivity contribution in [3.8, 4) is 0 Å². The van der Waals surface area contributed by atoms with Crippen LogP contribution in [-0.4, -0.2) is 39.2 Å². The molecule has 2 aliphatic rings. The van der Waals surface area contributed by atoms with Gasteiger partial charge in [0.25, 0.3) is 0 Å². The van der Waals surface area contributed by atoms with Crippen LogP contribution in [0.3, 0.4) is 0 Å². The summed E-state index contributed by atoms with van der Waals surface area (Å²) in [4.78, 5) is 15.8. The summed E-state index contributed by atoms with van der Waals surface area (Å²) in [7, 11) is 0. The summed E-state index contributed by atoms with van der Waals surface area (Å²) in [6, 6.07) is 0. The Balaban J connectivity index is 1.30. The minimum Gasteiger partial charge on any atom is -0.341 e. The number of aromatic nitrogens is 4. The van der Waals surface area contributed by atoms with Crippen molar-refractivity contribution < 1.29 is 0 Å². The molecule has 0 aliphatic carbocycles. The van der Waals surface area contributed by atoms with E-state index in [4.69, 9.17) is 0 Å². The third-order valence-electron chi connectivity index (χ3n) is 4.86. The second-order valence-electron chi connectivity index (χ2n) is 6.53. The highest BCUT2D eigenvalue weighted by molar-refractivity contribution is 5.30. The Morgan fingerprint density at radius 3 is 2.70 bits per heavy atom. The van der Waals surface area contributed by atoms with Crippen LogP contribution in [0.1, 0.15) is 43.0 Å². The van der Waals surface area contributed by atoms with E-state index in [1.807, 2.05) is 18.6 Å². The van der Waals surface area contributed by atoms with Crippen molar-refractivity contribution in [3.05, 3.63) is 36.2 Å². The van der Waals surface area contributed by atoms with Crippen molar-refractivity contribution in [2.24, 2.45) is 0 Å². The molecule has 1 saturated heterocycles. The molecule has 1 N–H and O–H groups in total. The number of hydrogen-bond donors (Lipinski definition) is 1. The largest absolute Gasteiger partial charge is 0.341 e. The smallest absolute Gasteiger partial charge is 0.225 e. The van der Waals surface area contributed by atoms with Crippen LogP contribution in [0.25, 0.3) is 0 Å². The molecular formula is C17H24N6. The van der Waals surface area contributed by atoms with Gasteiger partial charge in [-0.2, -0.15) is 0 Å². The van der Waals surface area contributed by atoms with E-state index in [9.17, 15) is 0 Å². The minimum absolute atomic E-state index is 0.517. The van der Waals surface area contributed by atoms with Crippen molar-refractivity contribution in [2.75, 3.05) is 24.5 Å². The minimum atomic E-state index is 0.517. The van der Waals surface area contributed by atoms with E-state index < -0.39 is 0 Å². The molecule has 0 radical (unpaired) electrons. The first kappa shape index (κ1) is 14.6. The number of hydrogen-bond acceptors (Lipinski definition) is 5. The predicted octanol–water partition coefficient (Wildman–Crippen LogP) is 1.94. The van der Waals surface area contributed by atoms with Crippen LogP contribution >= 0.6 is 0 Å². The third kappa shape index (κ3) is 3.22. The zero-order valence-electron chi connectivity index (χ0n) is 13.5. The molecule has 6 heteroatoms. The fourth-order valence-corrected chi connectivity index (χ4v) is 3.61. The Morgan fingerprint density at radius 2 is 1.87 bits per heavy atom.